The number of nitrogens with zero attached hydrogens (tertiary/aromatic N) is 2. The van der Waals surface area contributed by atoms with E-state index in [4.69, 9.17) is 22.5 Å². The summed E-state index contributed by atoms with van der Waals surface area (Å²) in [6, 6.07) is 5.17. The molecule has 5 nitrogen and oxygen atoms in total. The molecule has 88 valence electrons. The largest absolute Gasteiger partial charge is 0.409 e. The number of amidine groups is 1. The van der Waals surface area contributed by atoms with Crippen molar-refractivity contribution in [1.82, 2.24) is 9.97 Å². The Morgan fingerprint density at radius 1 is 1.53 bits per heavy atom. The summed E-state index contributed by atoms with van der Waals surface area (Å²) in [7, 11) is 0. The van der Waals surface area contributed by atoms with Crippen molar-refractivity contribution in [3.8, 4) is 0 Å². The second-order valence-corrected chi connectivity index (χ2v) is 4.59. The van der Waals surface area contributed by atoms with Crippen molar-refractivity contribution in [2.45, 2.75) is 10.1 Å². The van der Waals surface area contributed by atoms with Crippen LogP contribution in [0.2, 0.25) is 5.02 Å². The number of aromatic nitrogens is 2. The van der Waals surface area contributed by atoms with Gasteiger partial charge >= 0.3 is 0 Å². The third-order valence-electron chi connectivity index (χ3n) is 2.01. The first-order valence-corrected chi connectivity index (χ1v) is 5.85. The van der Waals surface area contributed by atoms with E-state index in [2.05, 4.69) is 15.1 Å². The van der Waals surface area contributed by atoms with Crippen molar-refractivity contribution in [2.75, 3.05) is 0 Å². The van der Waals surface area contributed by atoms with Crippen molar-refractivity contribution in [2.24, 2.45) is 10.9 Å². The number of aromatic amines is 1. The Balaban J connectivity index is 2.39. The van der Waals surface area contributed by atoms with E-state index in [1.807, 2.05) is 0 Å². The van der Waals surface area contributed by atoms with Crippen LogP contribution in [0.5, 0.6) is 0 Å². The van der Waals surface area contributed by atoms with Crippen LogP contribution in [0.4, 0.5) is 0 Å². The van der Waals surface area contributed by atoms with E-state index in [1.165, 1.54) is 11.8 Å². The molecule has 0 aliphatic rings. The molecule has 0 saturated carbocycles. The predicted octanol–water partition coefficient (Wildman–Crippen LogP) is 2.31. The maximum atomic E-state index is 8.72. The number of hydrogen-bond donors (Lipinski definition) is 3. The van der Waals surface area contributed by atoms with Gasteiger partial charge in [-0.05, 0) is 18.2 Å². The highest BCUT2D eigenvalue weighted by Gasteiger charge is 2.10. The van der Waals surface area contributed by atoms with Gasteiger partial charge in [0.2, 0.25) is 0 Å². The molecule has 2 rings (SSSR count). The van der Waals surface area contributed by atoms with Gasteiger partial charge in [-0.15, -0.1) is 0 Å². The molecule has 1 aromatic heterocycles. The Kier molecular flexibility index (Phi) is 3.55. The van der Waals surface area contributed by atoms with Crippen molar-refractivity contribution >= 4 is 29.2 Å². The van der Waals surface area contributed by atoms with Crippen LogP contribution in [0, 0.1) is 0 Å². The Labute approximate surface area is 107 Å². The van der Waals surface area contributed by atoms with Gasteiger partial charge in [0.1, 0.15) is 0 Å². The molecule has 0 aliphatic heterocycles. The summed E-state index contributed by atoms with van der Waals surface area (Å²) < 4.78 is 0. The fourth-order valence-electron chi connectivity index (χ4n) is 1.26. The van der Waals surface area contributed by atoms with Gasteiger partial charge in [0, 0.05) is 27.9 Å². The SMILES string of the molecule is N/C(=N/O)c1cc(Cl)ccc1Sc1ncc[nH]1. The average Bonchev–Trinajstić information content (AvgIpc) is 2.83. The highest BCUT2D eigenvalue weighted by atomic mass is 35.5. The summed E-state index contributed by atoms with van der Waals surface area (Å²) in [6.45, 7) is 0. The van der Waals surface area contributed by atoms with Gasteiger partial charge in [-0.25, -0.2) is 4.98 Å². The minimum atomic E-state index is 0.0153. The van der Waals surface area contributed by atoms with Crippen molar-refractivity contribution in [3.63, 3.8) is 0 Å². The monoisotopic (exact) mass is 268 g/mol. The number of nitrogens with one attached hydrogen (secondary N) is 1. The summed E-state index contributed by atoms with van der Waals surface area (Å²) >= 11 is 7.25. The van der Waals surface area contributed by atoms with Crippen LogP contribution >= 0.6 is 23.4 Å². The van der Waals surface area contributed by atoms with E-state index in [0.29, 0.717) is 10.6 Å². The van der Waals surface area contributed by atoms with Crippen molar-refractivity contribution in [1.29, 1.82) is 0 Å². The lowest BCUT2D eigenvalue weighted by Gasteiger charge is -2.06. The average molecular weight is 269 g/mol. The lowest BCUT2D eigenvalue weighted by atomic mass is 10.2. The summed E-state index contributed by atoms with van der Waals surface area (Å²) in [4.78, 5) is 7.86. The quantitative estimate of drug-likeness (QED) is 0.345. The van der Waals surface area contributed by atoms with E-state index in [1.54, 1.807) is 30.6 Å². The highest BCUT2D eigenvalue weighted by Crippen LogP contribution is 2.29. The van der Waals surface area contributed by atoms with E-state index in [9.17, 15) is 0 Å². The molecule has 4 N–H and O–H groups in total. The molecule has 1 aromatic carbocycles. The number of oxime groups is 1. The third-order valence-corrected chi connectivity index (χ3v) is 3.23. The van der Waals surface area contributed by atoms with Gasteiger partial charge < -0.3 is 15.9 Å². The third kappa shape index (κ3) is 2.72. The maximum Gasteiger partial charge on any atom is 0.171 e. The van der Waals surface area contributed by atoms with Gasteiger partial charge in [-0.3, -0.25) is 0 Å². The molecule has 17 heavy (non-hydrogen) atoms. The summed E-state index contributed by atoms with van der Waals surface area (Å²) in [5, 5.41) is 12.9. The van der Waals surface area contributed by atoms with Gasteiger partial charge in [0.15, 0.2) is 11.0 Å². The molecule has 0 atom stereocenters. The molecule has 0 unspecified atom stereocenters. The molecular weight excluding hydrogens is 260 g/mol. The molecule has 7 heteroatoms. The molecule has 0 amide bonds. The smallest absolute Gasteiger partial charge is 0.171 e. The van der Waals surface area contributed by atoms with E-state index in [-0.39, 0.29) is 5.84 Å². The normalized spacial score (nSPS) is 11.7. The number of nitrogens with two attached hydrogens (primary N) is 1. The number of halogens is 1. The zero-order valence-corrected chi connectivity index (χ0v) is 10.2. The van der Waals surface area contributed by atoms with Crippen LogP contribution in [0.1, 0.15) is 5.56 Å². The first kappa shape index (κ1) is 11.8. The maximum absolute atomic E-state index is 8.72. The number of hydrogen-bond acceptors (Lipinski definition) is 4. The van der Waals surface area contributed by atoms with Crippen molar-refractivity contribution < 1.29 is 5.21 Å². The Morgan fingerprint density at radius 3 is 3.00 bits per heavy atom. The fraction of sp³-hybridized carbons (Fsp3) is 0. The number of imidazole rings is 1. The van der Waals surface area contributed by atoms with Crippen LogP contribution in [-0.2, 0) is 0 Å². The second kappa shape index (κ2) is 5.11. The zero-order valence-electron chi connectivity index (χ0n) is 8.59. The van der Waals surface area contributed by atoms with Crippen LogP contribution < -0.4 is 5.73 Å². The molecule has 0 aliphatic carbocycles. The fourth-order valence-corrected chi connectivity index (χ4v) is 2.29. The zero-order chi connectivity index (χ0) is 12.3. The first-order chi connectivity index (χ1) is 8.20. The highest BCUT2D eigenvalue weighted by molar-refractivity contribution is 7.99. The molecule has 0 saturated heterocycles. The Hall–Kier alpha value is -1.66. The molecule has 1 heterocycles. The summed E-state index contributed by atoms with van der Waals surface area (Å²) in [5.41, 5.74) is 6.16. The molecular formula is C10H9ClN4OS. The minimum Gasteiger partial charge on any atom is -0.409 e. The second-order valence-electron chi connectivity index (χ2n) is 3.12. The van der Waals surface area contributed by atoms with Crippen LogP contribution in [-0.4, -0.2) is 21.0 Å². The van der Waals surface area contributed by atoms with Gasteiger partial charge in [-0.2, -0.15) is 0 Å². The molecule has 0 spiro atoms. The van der Waals surface area contributed by atoms with Gasteiger partial charge in [-0.1, -0.05) is 28.5 Å². The molecule has 0 fully saturated rings. The minimum absolute atomic E-state index is 0.0153. The molecule has 2 aromatic rings. The molecule has 0 radical (unpaired) electrons. The summed E-state index contributed by atoms with van der Waals surface area (Å²) in [6.07, 6.45) is 3.38. The lowest BCUT2D eigenvalue weighted by molar-refractivity contribution is 0.318. The van der Waals surface area contributed by atoms with Crippen LogP contribution in [0.25, 0.3) is 0 Å². The number of rotatable bonds is 3. The Morgan fingerprint density at radius 2 is 2.35 bits per heavy atom. The predicted molar refractivity (Wildman–Crippen MR) is 66.7 cm³/mol. The van der Waals surface area contributed by atoms with Crippen molar-refractivity contribution in [3.05, 3.63) is 41.2 Å². The topological polar surface area (TPSA) is 87.3 Å². The van der Waals surface area contributed by atoms with E-state index < -0.39 is 0 Å². The standard InChI is InChI=1S/C10H9ClN4OS/c11-6-1-2-8(7(5-6)9(12)15-16)17-10-13-3-4-14-10/h1-5,16H,(H2,12,15)(H,13,14). The van der Waals surface area contributed by atoms with E-state index >= 15 is 0 Å². The van der Waals surface area contributed by atoms with Gasteiger partial charge in [0.05, 0.1) is 0 Å². The van der Waals surface area contributed by atoms with Crippen LogP contribution in [0.3, 0.4) is 0 Å². The van der Waals surface area contributed by atoms with E-state index in [0.717, 1.165) is 10.1 Å². The Bertz CT molecular complexity index is 541. The van der Waals surface area contributed by atoms with Crippen LogP contribution in [0.15, 0.2) is 45.8 Å². The number of H-pyrrole nitrogens is 1. The first-order valence-electron chi connectivity index (χ1n) is 4.65. The molecule has 0 bridgehead atoms. The number of benzene rings is 1. The summed E-state index contributed by atoms with van der Waals surface area (Å²) in [5.74, 6) is 0.0153. The van der Waals surface area contributed by atoms with Gasteiger partial charge in [0.25, 0.3) is 0 Å². The lowest BCUT2D eigenvalue weighted by Crippen LogP contribution is -2.14.